The quantitative estimate of drug-likeness (QED) is 0.666. The van der Waals surface area contributed by atoms with Gasteiger partial charge >= 0.3 is 5.97 Å². The van der Waals surface area contributed by atoms with E-state index in [4.69, 9.17) is 9.47 Å². The van der Waals surface area contributed by atoms with Crippen molar-refractivity contribution in [2.75, 3.05) is 17.5 Å². The predicted octanol–water partition coefficient (Wildman–Crippen LogP) is 3.69. The van der Waals surface area contributed by atoms with Gasteiger partial charge in [0.2, 0.25) is 0 Å². The fourth-order valence-electron chi connectivity index (χ4n) is 3.33. The zero-order valence-electron chi connectivity index (χ0n) is 16.3. The molecule has 1 saturated carbocycles. The summed E-state index contributed by atoms with van der Waals surface area (Å²) >= 11 is 0. The molecule has 1 aliphatic rings. The van der Waals surface area contributed by atoms with Gasteiger partial charge in [-0.1, -0.05) is 0 Å². The molecule has 0 amide bonds. The van der Waals surface area contributed by atoms with Crippen molar-refractivity contribution in [1.29, 1.82) is 0 Å². The van der Waals surface area contributed by atoms with E-state index >= 15 is 0 Å². The smallest absolute Gasteiger partial charge is 0.324 e. The summed E-state index contributed by atoms with van der Waals surface area (Å²) in [7, 11) is -4.06. The molecule has 2 aromatic carbocycles. The van der Waals surface area contributed by atoms with E-state index in [1.165, 1.54) is 12.1 Å². The molecule has 156 valence electrons. The van der Waals surface area contributed by atoms with Gasteiger partial charge in [-0.15, -0.1) is 0 Å². The lowest BCUT2D eigenvalue weighted by Gasteiger charge is -2.23. The van der Waals surface area contributed by atoms with Crippen molar-refractivity contribution in [3.8, 4) is 11.5 Å². The second kappa shape index (κ2) is 9.17. The Balaban J connectivity index is 1.85. The van der Waals surface area contributed by atoms with Crippen molar-refractivity contribution < 1.29 is 27.8 Å². The molecule has 0 unspecified atom stereocenters. The van der Waals surface area contributed by atoms with Crippen LogP contribution in [-0.4, -0.2) is 38.7 Å². The molecule has 1 fully saturated rings. The van der Waals surface area contributed by atoms with Crippen LogP contribution in [0.15, 0.2) is 53.4 Å². The molecule has 1 aliphatic carbocycles. The summed E-state index contributed by atoms with van der Waals surface area (Å²) in [6.07, 6.45) is 4.51. The maximum atomic E-state index is 13.1. The van der Waals surface area contributed by atoms with Gasteiger partial charge in [-0.25, -0.2) is 8.42 Å². The fraction of sp³-hybridized carbons (Fsp3) is 0.381. The molecule has 0 radical (unpaired) electrons. The number of carboxylic acid groups (broad SMARTS) is 1. The van der Waals surface area contributed by atoms with E-state index < -0.39 is 22.5 Å². The van der Waals surface area contributed by atoms with E-state index in [9.17, 15) is 18.3 Å². The van der Waals surface area contributed by atoms with Gasteiger partial charge in [0.15, 0.2) is 0 Å². The van der Waals surface area contributed by atoms with Crippen LogP contribution >= 0.6 is 0 Å². The molecule has 0 aliphatic heterocycles. The van der Waals surface area contributed by atoms with Crippen molar-refractivity contribution in [3.05, 3.63) is 48.5 Å². The van der Waals surface area contributed by atoms with E-state index in [2.05, 4.69) is 0 Å². The van der Waals surface area contributed by atoms with Gasteiger partial charge in [0.25, 0.3) is 10.0 Å². The second-order valence-electron chi connectivity index (χ2n) is 6.83. The Morgan fingerprint density at radius 2 is 1.62 bits per heavy atom. The molecule has 0 bridgehead atoms. The minimum Gasteiger partial charge on any atom is -0.494 e. The molecular formula is C21H25NO6S. The third-order valence-electron chi connectivity index (χ3n) is 4.73. The number of nitrogens with zero attached hydrogens (tertiary/aromatic N) is 1. The topological polar surface area (TPSA) is 93.1 Å². The average Bonchev–Trinajstić information content (AvgIpc) is 3.20. The number of carbonyl (C=O) groups is 1. The number of aliphatic carboxylic acids is 1. The minimum atomic E-state index is -4.06. The highest BCUT2D eigenvalue weighted by atomic mass is 32.2. The minimum absolute atomic E-state index is 0.00603. The maximum absolute atomic E-state index is 13.1. The number of sulfonamides is 1. The summed E-state index contributed by atoms with van der Waals surface area (Å²) in [5.41, 5.74) is 0.264. The number of rotatable bonds is 9. The van der Waals surface area contributed by atoms with E-state index in [1.54, 1.807) is 36.4 Å². The lowest BCUT2D eigenvalue weighted by atomic mass is 10.2. The summed E-state index contributed by atoms with van der Waals surface area (Å²) in [6.45, 7) is 1.62. The van der Waals surface area contributed by atoms with Crippen LogP contribution in [0, 0.1) is 0 Å². The standard InChI is InChI=1S/C21H25NO6S/c1-2-27-17-11-13-20(14-12-17)29(25,26)22(15-21(23)24)16-7-9-19(10-8-16)28-18-5-3-4-6-18/h7-14,18H,2-6,15H2,1H3,(H,23,24). The van der Waals surface area contributed by atoms with Crippen molar-refractivity contribution in [2.45, 2.75) is 43.6 Å². The number of anilines is 1. The van der Waals surface area contributed by atoms with E-state index in [1.807, 2.05) is 6.92 Å². The summed E-state index contributed by atoms with van der Waals surface area (Å²) in [6, 6.07) is 12.4. The lowest BCUT2D eigenvalue weighted by Crippen LogP contribution is -2.35. The molecule has 1 N–H and O–H groups in total. The normalized spacial score (nSPS) is 14.5. The number of hydrogen-bond acceptors (Lipinski definition) is 5. The van der Waals surface area contributed by atoms with Gasteiger partial charge in [-0.3, -0.25) is 9.10 Å². The number of carboxylic acids is 1. The van der Waals surface area contributed by atoms with Crippen molar-refractivity contribution in [1.82, 2.24) is 0 Å². The van der Waals surface area contributed by atoms with Crippen molar-refractivity contribution >= 4 is 21.7 Å². The Morgan fingerprint density at radius 1 is 1.03 bits per heavy atom. The molecule has 8 heteroatoms. The predicted molar refractivity (Wildman–Crippen MR) is 109 cm³/mol. The Labute approximate surface area is 170 Å². The number of hydrogen-bond donors (Lipinski definition) is 1. The molecule has 2 aromatic rings. The summed E-state index contributed by atoms with van der Waals surface area (Å²) in [5.74, 6) is -0.0511. The molecule has 29 heavy (non-hydrogen) atoms. The zero-order valence-corrected chi connectivity index (χ0v) is 17.1. The Bertz CT molecular complexity index is 919. The lowest BCUT2D eigenvalue weighted by molar-refractivity contribution is -0.135. The maximum Gasteiger partial charge on any atom is 0.324 e. The summed E-state index contributed by atoms with van der Waals surface area (Å²) in [5, 5.41) is 9.26. The van der Waals surface area contributed by atoms with Crippen LogP contribution in [0.2, 0.25) is 0 Å². The van der Waals surface area contributed by atoms with E-state index in [-0.39, 0.29) is 16.7 Å². The van der Waals surface area contributed by atoms with Crippen LogP contribution < -0.4 is 13.8 Å². The van der Waals surface area contributed by atoms with Crippen molar-refractivity contribution in [3.63, 3.8) is 0 Å². The zero-order chi connectivity index (χ0) is 20.9. The molecule has 0 heterocycles. The van der Waals surface area contributed by atoms with Crippen LogP contribution in [0.3, 0.4) is 0 Å². The van der Waals surface area contributed by atoms with Gasteiger partial charge in [0, 0.05) is 0 Å². The van der Waals surface area contributed by atoms with Crippen LogP contribution in [0.1, 0.15) is 32.6 Å². The van der Waals surface area contributed by atoms with E-state index in [0.29, 0.717) is 18.1 Å². The van der Waals surface area contributed by atoms with Gasteiger partial charge in [-0.2, -0.15) is 0 Å². The van der Waals surface area contributed by atoms with Crippen LogP contribution in [0.4, 0.5) is 5.69 Å². The average molecular weight is 419 g/mol. The summed E-state index contributed by atoms with van der Waals surface area (Å²) < 4.78 is 38.3. The number of benzene rings is 2. The molecule has 0 aromatic heterocycles. The third-order valence-corrected chi connectivity index (χ3v) is 6.52. The molecule has 7 nitrogen and oxygen atoms in total. The first-order chi connectivity index (χ1) is 13.9. The first-order valence-corrected chi connectivity index (χ1v) is 11.1. The Kier molecular flexibility index (Phi) is 6.64. The molecule has 0 spiro atoms. The molecule has 0 saturated heterocycles. The highest BCUT2D eigenvalue weighted by molar-refractivity contribution is 7.92. The first kappa shape index (κ1) is 21.0. The third kappa shape index (κ3) is 5.20. The SMILES string of the molecule is CCOc1ccc(S(=O)(=O)N(CC(=O)O)c2ccc(OC3CCCC3)cc2)cc1. The largest absolute Gasteiger partial charge is 0.494 e. The second-order valence-corrected chi connectivity index (χ2v) is 8.69. The van der Waals surface area contributed by atoms with Gasteiger partial charge in [0.05, 0.1) is 23.3 Å². The molecular weight excluding hydrogens is 394 g/mol. The molecule has 3 rings (SSSR count). The molecule has 0 atom stereocenters. The highest BCUT2D eigenvalue weighted by Crippen LogP contribution is 2.29. The van der Waals surface area contributed by atoms with Gasteiger partial charge in [-0.05, 0) is 81.1 Å². The number of ether oxygens (including phenoxy) is 2. The van der Waals surface area contributed by atoms with Gasteiger partial charge in [0.1, 0.15) is 18.0 Å². The first-order valence-electron chi connectivity index (χ1n) is 9.64. The Morgan fingerprint density at radius 3 is 2.17 bits per heavy atom. The van der Waals surface area contributed by atoms with Crippen molar-refractivity contribution in [2.24, 2.45) is 0 Å². The van der Waals surface area contributed by atoms with Gasteiger partial charge < -0.3 is 14.6 Å². The van der Waals surface area contributed by atoms with Crippen LogP contribution in [0.25, 0.3) is 0 Å². The van der Waals surface area contributed by atoms with Crippen LogP contribution in [-0.2, 0) is 14.8 Å². The highest BCUT2D eigenvalue weighted by Gasteiger charge is 2.27. The fourth-order valence-corrected chi connectivity index (χ4v) is 4.74. The Hall–Kier alpha value is -2.74. The van der Waals surface area contributed by atoms with Crippen LogP contribution in [0.5, 0.6) is 11.5 Å². The van der Waals surface area contributed by atoms with E-state index in [0.717, 1.165) is 30.0 Å². The summed E-state index contributed by atoms with van der Waals surface area (Å²) in [4.78, 5) is 11.3. The monoisotopic (exact) mass is 419 g/mol.